The molecule has 4 heteroatoms. The number of nitrogens with zero attached hydrogens (tertiary/aromatic N) is 2. The predicted octanol–water partition coefficient (Wildman–Crippen LogP) is 2.98. The zero-order valence-corrected chi connectivity index (χ0v) is 12.5. The Labute approximate surface area is 122 Å². The summed E-state index contributed by atoms with van der Waals surface area (Å²) in [6, 6.07) is 12.6. The van der Waals surface area contributed by atoms with Gasteiger partial charge in [0.25, 0.3) is 0 Å². The number of likely N-dealkylation sites (N-methyl/N-ethyl adjacent to an activating group) is 1. The van der Waals surface area contributed by atoms with Crippen molar-refractivity contribution in [1.82, 2.24) is 9.88 Å². The molecular formula is C15H18BrN3. The van der Waals surface area contributed by atoms with E-state index in [1.54, 1.807) is 0 Å². The van der Waals surface area contributed by atoms with Crippen molar-refractivity contribution in [2.45, 2.75) is 12.6 Å². The van der Waals surface area contributed by atoms with Crippen molar-refractivity contribution in [2.24, 2.45) is 5.73 Å². The summed E-state index contributed by atoms with van der Waals surface area (Å²) in [5, 5.41) is 0. The maximum absolute atomic E-state index is 5.92. The van der Waals surface area contributed by atoms with Gasteiger partial charge in [-0.1, -0.05) is 28.1 Å². The second kappa shape index (κ2) is 6.80. The Kier molecular flexibility index (Phi) is 5.07. The smallest absolute Gasteiger partial charge is 0.0472 e. The second-order valence-corrected chi connectivity index (χ2v) is 5.49. The number of hydrogen-bond donors (Lipinski definition) is 1. The highest BCUT2D eigenvalue weighted by Gasteiger charge is 2.15. The predicted molar refractivity (Wildman–Crippen MR) is 81.6 cm³/mol. The van der Waals surface area contributed by atoms with Gasteiger partial charge in [-0.3, -0.25) is 9.88 Å². The molecule has 2 aromatic rings. The fourth-order valence-corrected chi connectivity index (χ4v) is 2.64. The Bertz CT molecular complexity index is 516. The van der Waals surface area contributed by atoms with Crippen molar-refractivity contribution in [3.05, 3.63) is 64.4 Å². The molecule has 0 fully saturated rings. The van der Waals surface area contributed by atoms with Gasteiger partial charge in [-0.15, -0.1) is 0 Å². The lowest BCUT2D eigenvalue weighted by Gasteiger charge is -2.27. The lowest BCUT2D eigenvalue weighted by Crippen LogP contribution is -2.30. The van der Waals surface area contributed by atoms with Crippen LogP contribution in [0, 0.1) is 0 Å². The average Bonchev–Trinajstić information content (AvgIpc) is 2.41. The molecule has 1 atom stereocenters. The van der Waals surface area contributed by atoms with Crippen molar-refractivity contribution in [2.75, 3.05) is 13.6 Å². The molecule has 3 nitrogen and oxygen atoms in total. The van der Waals surface area contributed by atoms with Gasteiger partial charge in [0.05, 0.1) is 0 Å². The molecule has 0 aliphatic rings. The van der Waals surface area contributed by atoms with Crippen LogP contribution in [-0.2, 0) is 6.54 Å². The van der Waals surface area contributed by atoms with E-state index in [4.69, 9.17) is 5.73 Å². The van der Waals surface area contributed by atoms with E-state index in [-0.39, 0.29) is 6.04 Å². The molecule has 19 heavy (non-hydrogen) atoms. The Morgan fingerprint density at radius 2 is 2.00 bits per heavy atom. The van der Waals surface area contributed by atoms with Crippen LogP contribution in [0.4, 0.5) is 0 Å². The van der Waals surface area contributed by atoms with E-state index in [2.05, 4.69) is 51.1 Å². The molecule has 2 rings (SSSR count). The number of aromatic nitrogens is 1. The monoisotopic (exact) mass is 319 g/mol. The third-order valence-electron chi connectivity index (χ3n) is 3.17. The maximum atomic E-state index is 5.92. The molecule has 0 bridgehead atoms. The van der Waals surface area contributed by atoms with Gasteiger partial charge in [0.2, 0.25) is 0 Å². The molecule has 0 radical (unpaired) electrons. The summed E-state index contributed by atoms with van der Waals surface area (Å²) < 4.78 is 1.10. The van der Waals surface area contributed by atoms with Crippen LogP contribution in [0.1, 0.15) is 17.2 Å². The van der Waals surface area contributed by atoms with E-state index >= 15 is 0 Å². The first-order chi connectivity index (χ1) is 9.20. The second-order valence-electron chi connectivity index (χ2n) is 4.58. The molecule has 0 saturated heterocycles. The third kappa shape index (κ3) is 3.86. The molecule has 0 aliphatic heterocycles. The summed E-state index contributed by atoms with van der Waals surface area (Å²) in [5.41, 5.74) is 8.39. The van der Waals surface area contributed by atoms with E-state index in [0.29, 0.717) is 6.54 Å². The highest BCUT2D eigenvalue weighted by molar-refractivity contribution is 9.10. The van der Waals surface area contributed by atoms with Gasteiger partial charge < -0.3 is 5.73 Å². The normalized spacial score (nSPS) is 12.6. The summed E-state index contributed by atoms with van der Waals surface area (Å²) in [4.78, 5) is 6.31. The van der Waals surface area contributed by atoms with Crippen molar-refractivity contribution in [3.63, 3.8) is 0 Å². The highest BCUT2D eigenvalue weighted by Crippen LogP contribution is 2.20. The first-order valence-corrected chi connectivity index (χ1v) is 7.04. The molecule has 1 heterocycles. The largest absolute Gasteiger partial charge is 0.329 e. The lowest BCUT2D eigenvalue weighted by molar-refractivity contribution is 0.241. The van der Waals surface area contributed by atoms with Gasteiger partial charge in [0, 0.05) is 36.0 Å². The molecule has 0 aliphatic carbocycles. The van der Waals surface area contributed by atoms with Crippen molar-refractivity contribution < 1.29 is 0 Å². The van der Waals surface area contributed by atoms with Crippen LogP contribution in [0.3, 0.4) is 0 Å². The number of nitrogens with two attached hydrogens (primary N) is 1. The van der Waals surface area contributed by atoms with E-state index in [9.17, 15) is 0 Å². The standard InChI is InChI=1S/C15H18BrN3/c1-19(11-12-3-2-4-14(16)9-12)15(10-17)13-5-7-18-8-6-13/h2-9,15H,10-11,17H2,1H3. The summed E-state index contributed by atoms with van der Waals surface area (Å²) in [6.07, 6.45) is 3.62. The van der Waals surface area contributed by atoms with Gasteiger partial charge in [-0.25, -0.2) is 0 Å². The highest BCUT2D eigenvalue weighted by atomic mass is 79.9. The quantitative estimate of drug-likeness (QED) is 0.921. The SMILES string of the molecule is CN(Cc1cccc(Br)c1)C(CN)c1ccncc1. The van der Waals surface area contributed by atoms with Crippen LogP contribution in [0.2, 0.25) is 0 Å². The molecular weight excluding hydrogens is 302 g/mol. The summed E-state index contributed by atoms with van der Waals surface area (Å²) >= 11 is 3.50. The molecule has 1 unspecified atom stereocenters. The average molecular weight is 320 g/mol. The van der Waals surface area contributed by atoms with Crippen LogP contribution in [0.5, 0.6) is 0 Å². The molecule has 1 aromatic carbocycles. The Balaban J connectivity index is 2.11. The first-order valence-electron chi connectivity index (χ1n) is 6.25. The van der Waals surface area contributed by atoms with Gasteiger partial charge in [-0.2, -0.15) is 0 Å². The Morgan fingerprint density at radius 3 is 2.63 bits per heavy atom. The fourth-order valence-electron chi connectivity index (χ4n) is 2.19. The number of hydrogen-bond acceptors (Lipinski definition) is 3. The van der Waals surface area contributed by atoms with Gasteiger partial charge >= 0.3 is 0 Å². The van der Waals surface area contributed by atoms with E-state index in [1.807, 2.05) is 30.6 Å². The molecule has 2 N–H and O–H groups in total. The minimum Gasteiger partial charge on any atom is -0.329 e. The number of pyridine rings is 1. The molecule has 0 amide bonds. The minimum absolute atomic E-state index is 0.210. The topological polar surface area (TPSA) is 42.1 Å². The number of rotatable bonds is 5. The van der Waals surface area contributed by atoms with Crippen LogP contribution >= 0.6 is 15.9 Å². The van der Waals surface area contributed by atoms with Gasteiger partial charge in [0.15, 0.2) is 0 Å². The van der Waals surface area contributed by atoms with E-state index in [0.717, 1.165) is 11.0 Å². The fraction of sp³-hybridized carbons (Fsp3) is 0.267. The van der Waals surface area contributed by atoms with Crippen molar-refractivity contribution in [3.8, 4) is 0 Å². The zero-order valence-electron chi connectivity index (χ0n) is 11.0. The van der Waals surface area contributed by atoms with E-state index in [1.165, 1.54) is 11.1 Å². The minimum atomic E-state index is 0.210. The van der Waals surface area contributed by atoms with Crippen molar-refractivity contribution >= 4 is 15.9 Å². The van der Waals surface area contributed by atoms with Crippen LogP contribution in [0.25, 0.3) is 0 Å². The van der Waals surface area contributed by atoms with Crippen LogP contribution in [0.15, 0.2) is 53.3 Å². The van der Waals surface area contributed by atoms with Crippen LogP contribution in [-0.4, -0.2) is 23.5 Å². The Hall–Kier alpha value is -1.23. The molecule has 0 saturated carbocycles. The number of benzene rings is 1. The third-order valence-corrected chi connectivity index (χ3v) is 3.66. The maximum Gasteiger partial charge on any atom is 0.0472 e. The van der Waals surface area contributed by atoms with E-state index < -0.39 is 0 Å². The summed E-state index contributed by atoms with van der Waals surface area (Å²) in [5.74, 6) is 0. The zero-order chi connectivity index (χ0) is 13.7. The lowest BCUT2D eigenvalue weighted by atomic mass is 10.1. The van der Waals surface area contributed by atoms with Gasteiger partial charge in [-0.05, 0) is 42.4 Å². The summed E-state index contributed by atoms with van der Waals surface area (Å²) in [6.45, 7) is 1.46. The van der Waals surface area contributed by atoms with Crippen LogP contribution < -0.4 is 5.73 Å². The van der Waals surface area contributed by atoms with Crippen molar-refractivity contribution in [1.29, 1.82) is 0 Å². The summed E-state index contributed by atoms with van der Waals surface area (Å²) in [7, 11) is 2.10. The molecule has 0 spiro atoms. The number of halogens is 1. The van der Waals surface area contributed by atoms with Gasteiger partial charge in [0.1, 0.15) is 0 Å². The molecule has 1 aromatic heterocycles. The Morgan fingerprint density at radius 1 is 1.26 bits per heavy atom. The molecule has 100 valence electrons. The first kappa shape index (κ1) is 14.2.